The van der Waals surface area contributed by atoms with Gasteiger partial charge in [-0.15, -0.1) is 11.3 Å². The maximum Gasteiger partial charge on any atom is 0.257 e. The molecule has 0 aliphatic heterocycles. The molecule has 0 spiro atoms. The molecule has 4 aromatic rings. The molecule has 0 radical (unpaired) electrons. The second-order valence-corrected chi connectivity index (χ2v) is 7.84. The number of para-hydroxylation sites is 1. The van der Waals surface area contributed by atoms with Gasteiger partial charge in [-0.2, -0.15) is 0 Å². The zero-order chi connectivity index (χ0) is 18.9. The molecule has 1 aliphatic rings. The van der Waals surface area contributed by atoms with Crippen LogP contribution in [-0.4, -0.2) is 20.9 Å². The first-order chi connectivity index (χ1) is 13.8. The van der Waals surface area contributed by atoms with E-state index in [-0.39, 0.29) is 5.91 Å². The maximum atomic E-state index is 13.0. The number of anilines is 1. The third kappa shape index (κ3) is 3.01. The van der Waals surface area contributed by atoms with Crippen LogP contribution in [0.15, 0.2) is 61.1 Å². The number of hydrogen-bond acceptors (Lipinski definition) is 4. The number of aromatic nitrogens is 3. The summed E-state index contributed by atoms with van der Waals surface area (Å²) in [5.41, 5.74) is 5.45. The second kappa shape index (κ2) is 7.05. The van der Waals surface area contributed by atoms with Crippen LogP contribution in [0.5, 0.6) is 0 Å². The Morgan fingerprint density at radius 2 is 1.89 bits per heavy atom. The van der Waals surface area contributed by atoms with Crippen LogP contribution >= 0.6 is 11.3 Å². The standard InChI is InChI=1S/C22H18N4OS/c27-21(25-15-5-2-1-3-6-15)16-13-24-17-7-4-8-18-20(19(16)17)26-22(28-18)14-9-11-23-12-10-14/h1-3,5-6,9-13,24H,4,7-8H2,(H,25,27). The zero-order valence-corrected chi connectivity index (χ0v) is 15.9. The Morgan fingerprint density at radius 1 is 1.07 bits per heavy atom. The van der Waals surface area contributed by atoms with Crippen molar-refractivity contribution in [3.63, 3.8) is 0 Å². The highest BCUT2D eigenvalue weighted by Gasteiger charge is 2.26. The maximum absolute atomic E-state index is 13.0. The van der Waals surface area contributed by atoms with Crippen molar-refractivity contribution < 1.29 is 4.79 Å². The molecular weight excluding hydrogens is 368 g/mol. The van der Waals surface area contributed by atoms with Gasteiger partial charge in [0.1, 0.15) is 5.01 Å². The van der Waals surface area contributed by atoms with Gasteiger partial charge in [0.2, 0.25) is 0 Å². The van der Waals surface area contributed by atoms with Crippen molar-refractivity contribution in [2.24, 2.45) is 0 Å². The molecule has 3 heterocycles. The molecule has 2 N–H and O–H groups in total. The molecule has 0 unspecified atom stereocenters. The summed E-state index contributed by atoms with van der Waals surface area (Å²) >= 11 is 1.71. The summed E-state index contributed by atoms with van der Waals surface area (Å²) in [4.78, 5) is 26.6. The van der Waals surface area contributed by atoms with E-state index in [1.807, 2.05) is 48.7 Å². The number of pyridine rings is 1. The molecule has 6 heteroatoms. The minimum atomic E-state index is -0.116. The summed E-state index contributed by atoms with van der Waals surface area (Å²) in [5, 5.41) is 3.96. The largest absolute Gasteiger partial charge is 0.364 e. The van der Waals surface area contributed by atoms with Crippen molar-refractivity contribution in [2.75, 3.05) is 5.32 Å². The van der Waals surface area contributed by atoms with E-state index in [1.165, 1.54) is 4.88 Å². The number of nitrogens with zero attached hydrogens (tertiary/aromatic N) is 2. The predicted octanol–water partition coefficient (Wildman–Crippen LogP) is 4.94. The van der Waals surface area contributed by atoms with Gasteiger partial charge in [-0.25, -0.2) is 4.98 Å². The normalized spacial score (nSPS) is 12.7. The van der Waals surface area contributed by atoms with Gasteiger partial charge in [0.15, 0.2) is 0 Å². The average Bonchev–Trinajstić information content (AvgIpc) is 3.30. The number of thiazole rings is 1. The average molecular weight is 386 g/mol. The quantitative estimate of drug-likeness (QED) is 0.524. The third-order valence-corrected chi connectivity index (χ3v) is 6.09. The van der Waals surface area contributed by atoms with E-state index in [2.05, 4.69) is 15.3 Å². The monoisotopic (exact) mass is 386 g/mol. The van der Waals surface area contributed by atoms with Crippen LogP contribution in [0.4, 0.5) is 5.69 Å². The number of H-pyrrole nitrogens is 1. The van der Waals surface area contributed by atoms with E-state index in [0.717, 1.165) is 52.5 Å². The molecular formula is C22H18N4OS. The SMILES string of the molecule is O=C(Nc1ccccc1)c1c[nH]c2c1-c1nc(-c3ccncc3)sc1CCC2. The lowest BCUT2D eigenvalue weighted by atomic mass is 10.1. The molecule has 3 aromatic heterocycles. The Morgan fingerprint density at radius 3 is 2.71 bits per heavy atom. The Kier molecular flexibility index (Phi) is 4.25. The van der Waals surface area contributed by atoms with E-state index in [0.29, 0.717) is 5.56 Å². The highest BCUT2D eigenvalue weighted by Crippen LogP contribution is 2.40. The first-order valence-corrected chi connectivity index (χ1v) is 10.1. The number of benzene rings is 1. The van der Waals surface area contributed by atoms with Gasteiger partial charge in [0.05, 0.1) is 11.3 Å². The molecule has 0 bridgehead atoms. The zero-order valence-electron chi connectivity index (χ0n) is 15.1. The van der Waals surface area contributed by atoms with Crippen molar-refractivity contribution in [3.05, 3.63) is 77.2 Å². The fourth-order valence-corrected chi connectivity index (χ4v) is 4.71. The van der Waals surface area contributed by atoms with E-state index in [4.69, 9.17) is 4.98 Å². The van der Waals surface area contributed by atoms with Crippen molar-refractivity contribution in [2.45, 2.75) is 19.3 Å². The van der Waals surface area contributed by atoms with Crippen molar-refractivity contribution in [1.29, 1.82) is 0 Å². The number of carbonyl (C=O) groups excluding carboxylic acids is 1. The highest BCUT2D eigenvalue weighted by molar-refractivity contribution is 7.15. The lowest BCUT2D eigenvalue weighted by Crippen LogP contribution is -2.12. The first kappa shape index (κ1) is 16.9. The third-order valence-electron chi connectivity index (χ3n) is 4.93. The molecule has 0 saturated carbocycles. The molecule has 1 amide bonds. The molecule has 0 atom stereocenters. The lowest BCUT2D eigenvalue weighted by molar-refractivity contribution is 0.102. The fraction of sp³-hybridized carbons (Fsp3) is 0.136. The van der Waals surface area contributed by atoms with Crippen LogP contribution < -0.4 is 5.32 Å². The minimum Gasteiger partial charge on any atom is -0.364 e. The van der Waals surface area contributed by atoms with Crippen molar-refractivity contribution in [3.8, 4) is 21.8 Å². The number of hydrogen-bond donors (Lipinski definition) is 2. The number of carbonyl (C=O) groups is 1. The van der Waals surface area contributed by atoms with E-state index in [9.17, 15) is 4.79 Å². The first-order valence-electron chi connectivity index (χ1n) is 9.27. The summed E-state index contributed by atoms with van der Waals surface area (Å²) < 4.78 is 0. The Labute approximate surface area is 166 Å². The van der Waals surface area contributed by atoms with Gasteiger partial charge in [0, 0.05) is 46.0 Å². The summed E-state index contributed by atoms with van der Waals surface area (Å²) in [6.07, 6.45) is 8.30. The molecule has 5 rings (SSSR count). The van der Waals surface area contributed by atoms with Crippen LogP contribution in [0.1, 0.15) is 27.3 Å². The molecule has 5 nitrogen and oxygen atoms in total. The van der Waals surface area contributed by atoms with Crippen LogP contribution in [-0.2, 0) is 12.8 Å². The van der Waals surface area contributed by atoms with E-state index < -0.39 is 0 Å². The second-order valence-electron chi connectivity index (χ2n) is 6.76. The number of nitrogens with one attached hydrogen (secondary N) is 2. The lowest BCUT2D eigenvalue weighted by Gasteiger charge is -2.06. The fourth-order valence-electron chi connectivity index (χ4n) is 3.59. The Hall–Kier alpha value is -3.25. The minimum absolute atomic E-state index is 0.116. The summed E-state index contributed by atoms with van der Waals surface area (Å²) in [7, 11) is 0. The van der Waals surface area contributed by atoms with Crippen molar-refractivity contribution >= 4 is 22.9 Å². The Balaban J connectivity index is 1.57. The summed E-state index contributed by atoms with van der Waals surface area (Å²) in [6.45, 7) is 0. The van der Waals surface area contributed by atoms with Crippen LogP contribution in [0, 0.1) is 0 Å². The van der Waals surface area contributed by atoms with Gasteiger partial charge in [-0.1, -0.05) is 18.2 Å². The van der Waals surface area contributed by atoms with Gasteiger partial charge in [0.25, 0.3) is 5.91 Å². The molecule has 0 fully saturated rings. The van der Waals surface area contributed by atoms with Crippen LogP contribution in [0.2, 0.25) is 0 Å². The predicted molar refractivity (Wildman–Crippen MR) is 112 cm³/mol. The van der Waals surface area contributed by atoms with Crippen LogP contribution in [0.25, 0.3) is 21.8 Å². The highest BCUT2D eigenvalue weighted by atomic mass is 32.1. The van der Waals surface area contributed by atoms with E-state index in [1.54, 1.807) is 23.7 Å². The van der Waals surface area contributed by atoms with Gasteiger partial charge >= 0.3 is 0 Å². The molecule has 1 aliphatic carbocycles. The summed E-state index contributed by atoms with van der Waals surface area (Å²) in [5.74, 6) is -0.116. The number of amides is 1. The number of aromatic amines is 1. The van der Waals surface area contributed by atoms with Gasteiger partial charge < -0.3 is 10.3 Å². The molecule has 1 aromatic carbocycles. The van der Waals surface area contributed by atoms with E-state index >= 15 is 0 Å². The molecule has 138 valence electrons. The smallest absolute Gasteiger partial charge is 0.257 e. The summed E-state index contributed by atoms with van der Waals surface area (Å²) in [6, 6.07) is 13.5. The van der Waals surface area contributed by atoms with Crippen molar-refractivity contribution in [1.82, 2.24) is 15.0 Å². The van der Waals surface area contributed by atoms with Gasteiger partial charge in [-0.3, -0.25) is 9.78 Å². The number of fused-ring (bicyclic) bond motifs is 3. The number of aryl methyl sites for hydroxylation is 2. The number of rotatable bonds is 3. The Bertz CT molecular complexity index is 1130. The van der Waals surface area contributed by atoms with Crippen LogP contribution in [0.3, 0.4) is 0 Å². The molecule has 0 saturated heterocycles. The molecule has 28 heavy (non-hydrogen) atoms. The van der Waals surface area contributed by atoms with Gasteiger partial charge in [-0.05, 0) is 43.5 Å². The topological polar surface area (TPSA) is 70.7 Å².